The Morgan fingerprint density at radius 3 is 2.84 bits per heavy atom. The van der Waals surface area contributed by atoms with Crippen molar-refractivity contribution in [2.24, 2.45) is 0 Å². The molecule has 0 fully saturated rings. The normalized spacial score (nSPS) is 14.4. The first kappa shape index (κ1) is 12.2. The topological polar surface area (TPSA) is 23.6 Å². The number of hydrogen-bond donors (Lipinski definition) is 0. The molecule has 0 spiro atoms. The van der Waals surface area contributed by atoms with Crippen molar-refractivity contribution in [3.05, 3.63) is 46.4 Å². The second-order valence-corrected chi connectivity index (χ2v) is 5.30. The molecule has 0 atom stereocenters. The fourth-order valence-corrected chi connectivity index (χ4v) is 2.90. The minimum Gasteiger partial charge on any atom is -0.371 e. The molecule has 0 aliphatic carbocycles. The average molecular weight is 276 g/mol. The number of carbonyl (C=O) groups excluding carboxylic acids is 1. The molecule has 0 saturated heterocycles. The molecule has 3 nitrogen and oxygen atoms in total. The molecule has 1 amide bonds. The average Bonchev–Trinajstić information content (AvgIpc) is 2.93. The first-order chi connectivity index (χ1) is 9.16. The van der Waals surface area contributed by atoms with Gasteiger partial charge in [-0.2, -0.15) is 11.3 Å². The van der Waals surface area contributed by atoms with E-state index in [4.69, 9.17) is 0 Å². The molecular weight excluding hydrogens is 263 g/mol. The number of anilines is 2. The van der Waals surface area contributed by atoms with Crippen molar-refractivity contribution in [3.8, 4) is 0 Å². The minimum absolute atomic E-state index is 0.0257. The smallest absolute Gasteiger partial charge is 0.259 e. The van der Waals surface area contributed by atoms with Gasteiger partial charge in [-0.05, 0) is 29.6 Å². The van der Waals surface area contributed by atoms with Crippen LogP contribution >= 0.6 is 11.3 Å². The van der Waals surface area contributed by atoms with Crippen molar-refractivity contribution < 1.29 is 9.18 Å². The molecule has 1 aliphatic rings. The number of thiophene rings is 1. The molecule has 3 rings (SSSR count). The maximum Gasteiger partial charge on any atom is 0.259 e. The highest BCUT2D eigenvalue weighted by Crippen LogP contribution is 2.33. The highest BCUT2D eigenvalue weighted by atomic mass is 32.1. The predicted molar refractivity (Wildman–Crippen MR) is 75.7 cm³/mol. The lowest BCUT2D eigenvalue weighted by Gasteiger charge is -2.35. The van der Waals surface area contributed by atoms with Gasteiger partial charge in [0.05, 0.1) is 16.9 Å². The van der Waals surface area contributed by atoms with Gasteiger partial charge in [0.25, 0.3) is 5.91 Å². The molecule has 1 aromatic heterocycles. The molecule has 98 valence electrons. The van der Waals surface area contributed by atoms with Gasteiger partial charge in [0.15, 0.2) is 0 Å². The van der Waals surface area contributed by atoms with E-state index in [9.17, 15) is 9.18 Å². The van der Waals surface area contributed by atoms with Crippen molar-refractivity contribution in [1.29, 1.82) is 0 Å². The summed E-state index contributed by atoms with van der Waals surface area (Å²) in [6.45, 7) is 1.32. The Balaban J connectivity index is 2.02. The van der Waals surface area contributed by atoms with Crippen LogP contribution < -0.4 is 9.80 Å². The van der Waals surface area contributed by atoms with Crippen LogP contribution in [0, 0.1) is 5.82 Å². The Bertz CT molecular complexity index is 612. The zero-order valence-electron chi connectivity index (χ0n) is 10.5. The highest BCUT2D eigenvalue weighted by Gasteiger charge is 2.26. The molecule has 2 aromatic rings. The summed E-state index contributed by atoms with van der Waals surface area (Å²) in [6, 6.07) is 6.35. The summed E-state index contributed by atoms with van der Waals surface area (Å²) < 4.78 is 13.3. The molecular formula is C14H13FN2OS. The number of benzene rings is 1. The third-order valence-corrected chi connectivity index (χ3v) is 4.00. The van der Waals surface area contributed by atoms with E-state index in [1.807, 2.05) is 28.8 Å². The Kier molecular flexibility index (Phi) is 2.98. The zero-order chi connectivity index (χ0) is 13.4. The molecule has 0 unspecified atom stereocenters. The van der Waals surface area contributed by atoms with Gasteiger partial charge in [0.1, 0.15) is 5.82 Å². The van der Waals surface area contributed by atoms with E-state index in [1.165, 1.54) is 23.5 Å². The Labute approximate surface area is 114 Å². The number of hydrogen-bond acceptors (Lipinski definition) is 3. The molecule has 0 N–H and O–H groups in total. The predicted octanol–water partition coefficient (Wildman–Crippen LogP) is 2.98. The monoisotopic (exact) mass is 276 g/mol. The van der Waals surface area contributed by atoms with Gasteiger partial charge in [-0.25, -0.2) is 4.39 Å². The van der Waals surface area contributed by atoms with Crippen molar-refractivity contribution >= 4 is 28.6 Å². The third kappa shape index (κ3) is 2.10. The van der Waals surface area contributed by atoms with Gasteiger partial charge in [-0.3, -0.25) is 4.79 Å². The number of fused-ring (bicyclic) bond motifs is 1. The maximum atomic E-state index is 13.3. The first-order valence-electron chi connectivity index (χ1n) is 6.01. The summed E-state index contributed by atoms with van der Waals surface area (Å²) in [7, 11) is 1.91. The summed E-state index contributed by atoms with van der Waals surface area (Å²) in [5, 5.41) is 3.72. The lowest BCUT2D eigenvalue weighted by atomic mass is 10.1. The third-order valence-electron chi connectivity index (χ3n) is 3.31. The van der Waals surface area contributed by atoms with Crippen LogP contribution in [0.25, 0.3) is 0 Å². The number of carbonyl (C=O) groups is 1. The Morgan fingerprint density at radius 1 is 1.26 bits per heavy atom. The van der Waals surface area contributed by atoms with Crippen LogP contribution in [-0.4, -0.2) is 26.0 Å². The van der Waals surface area contributed by atoms with E-state index in [1.54, 1.807) is 11.0 Å². The second kappa shape index (κ2) is 4.66. The van der Waals surface area contributed by atoms with Gasteiger partial charge in [0.2, 0.25) is 0 Å². The number of nitrogens with zero attached hydrogens (tertiary/aromatic N) is 2. The fourth-order valence-electron chi connectivity index (χ4n) is 2.27. The molecule has 0 radical (unpaired) electrons. The van der Waals surface area contributed by atoms with Crippen molar-refractivity contribution in [2.45, 2.75) is 0 Å². The molecule has 1 aromatic carbocycles. The molecule has 2 heterocycles. The van der Waals surface area contributed by atoms with Crippen LogP contribution in [-0.2, 0) is 0 Å². The van der Waals surface area contributed by atoms with Crippen LogP contribution in [0.15, 0.2) is 35.0 Å². The molecule has 0 bridgehead atoms. The van der Waals surface area contributed by atoms with Crippen molar-refractivity contribution in [1.82, 2.24) is 0 Å². The maximum absolute atomic E-state index is 13.3. The van der Waals surface area contributed by atoms with E-state index in [0.717, 1.165) is 11.4 Å². The van der Waals surface area contributed by atoms with E-state index in [-0.39, 0.29) is 11.7 Å². The quantitative estimate of drug-likeness (QED) is 0.799. The fraction of sp³-hybridized carbons (Fsp3) is 0.214. The number of amides is 1. The molecule has 19 heavy (non-hydrogen) atoms. The van der Waals surface area contributed by atoms with E-state index < -0.39 is 0 Å². The van der Waals surface area contributed by atoms with Gasteiger partial charge in [0, 0.05) is 25.5 Å². The second-order valence-electron chi connectivity index (χ2n) is 4.52. The van der Waals surface area contributed by atoms with Crippen LogP contribution in [0.2, 0.25) is 0 Å². The zero-order valence-corrected chi connectivity index (χ0v) is 11.3. The van der Waals surface area contributed by atoms with Gasteiger partial charge in [-0.15, -0.1) is 0 Å². The van der Waals surface area contributed by atoms with Crippen LogP contribution in [0.1, 0.15) is 10.4 Å². The van der Waals surface area contributed by atoms with Crippen molar-refractivity contribution in [2.75, 3.05) is 29.9 Å². The minimum atomic E-state index is -0.282. The Hall–Kier alpha value is -1.88. The lowest BCUT2D eigenvalue weighted by Crippen LogP contribution is -2.42. The van der Waals surface area contributed by atoms with E-state index in [2.05, 4.69) is 0 Å². The number of likely N-dealkylation sites (N-methyl/N-ethyl adjacent to an activating group) is 1. The van der Waals surface area contributed by atoms with E-state index >= 15 is 0 Å². The van der Waals surface area contributed by atoms with E-state index in [0.29, 0.717) is 18.7 Å². The number of halogens is 1. The molecule has 0 saturated carbocycles. The lowest BCUT2D eigenvalue weighted by molar-refractivity contribution is 0.0987. The van der Waals surface area contributed by atoms with Crippen LogP contribution in [0.5, 0.6) is 0 Å². The van der Waals surface area contributed by atoms with Gasteiger partial charge in [-0.1, -0.05) is 0 Å². The standard InChI is InChI=1S/C14H13FN2OS/c1-16-5-6-17(14(18)10-4-7-19-9-10)12-3-2-11(15)8-13(12)16/h2-4,7-9H,5-6H2,1H3. The molecule has 1 aliphatic heterocycles. The summed E-state index contributed by atoms with van der Waals surface area (Å²) >= 11 is 1.50. The van der Waals surface area contributed by atoms with Crippen molar-refractivity contribution in [3.63, 3.8) is 0 Å². The SMILES string of the molecule is CN1CCN(C(=O)c2ccsc2)c2ccc(F)cc21. The summed E-state index contributed by atoms with van der Waals surface area (Å²) in [5.74, 6) is -0.308. The first-order valence-corrected chi connectivity index (χ1v) is 6.96. The van der Waals surface area contributed by atoms with Crippen LogP contribution in [0.3, 0.4) is 0 Å². The summed E-state index contributed by atoms with van der Waals surface area (Å²) in [4.78, 5) is 16.1. The molecule has 5 heteroatoms. The van der Waals surface area contributed by atoms with Crippen LogP contribution in [0.4, 0.5) is 15.8 Å². The number of rotatable bonds is 1. The largest absolute Gasteiger partial charge is 0.371 e. The summed E-state index contributed by atoms with van der Waals surface area (Å²) in [5.41, 5.74) is 2.21. The van der Waals surface area contributed by atoms with Gasteiger partial charge >= 0.3 is 0 Å². The highest BCUT2D eigenvalue weighted by molar-refractivity contribution is 7.08. The summed E-state index contributed by atoms with van der Waals surface area (Å²) in [6.07, 6.45) is 0. The Morgan fingerprint density at radius 2 is 2.11 bits per heavy atom. The van der Waals surface area contributed by atoms with Gasteiger partial charge < -0.3 is 9.80 Å².